The van der Waals surface area contributed by atoms with Gasteiger partial charge in [0.1, 0.15) is 29.1 Å². The number of furan rings is 1. The van der Waals surface area contributed by atoms with E-state index >= 15 is 0 Å². The number of unbranched alkanes of at least 4 members (excludes halogenated alkanes) is 1. The Hall–Kier alpha value is -3.02. The maximum absolute atomic E-state index is 12.8. The van der Waals surface area contributed by atoms with Crippen LogP contribution in [0.2, 0.25) is 0 Å². The number of Topliss-reactive ketones (excluding diaryl/α,β-unsaturated/α-hetero) is 1. The van der Waals surface area contributed by atoms with Gasteiger partial charge in [-0.3, -0.25) is 9.59 Å². The zero-order valence-electron chi connectivity index (χ0n) is 16.6. The number of nitrogens with zero attached hydrogens (tertiary/aromatic N) is 1. The van der Waals surface area contributed by atoms with E-state index in [-0.39, 0.29) is 11.3 Å². The molecule has 1 aromatic carbocycles. The molecule has 1 saturated heterocycles. The number of carbonyl (C=O) groups is 2. The topological polar surface area (TPSA) is 80.0 Å². The summed E-state index contributed by atoms with van der Waals surface area (Å²) in [4.78, 5) is 27.0. The van der Waals surface area contributed by atoms with Gasteiger partial charge in [0, 0.05) is 12.1 Å². The Morgan fingerprint density at radius 2 is 1.96 bits per heavy atom. The van der Waals surface area contributed by atoms with Crippen LogP contribution in [-0.2, 0) is 9.59 Å². The second-order valence-electron chi connectivity index (χ2n) is 6.98. The highest BCUT2D eigenvalue weighted by Gasteiger charge is 2.47. The van der Waals surface area contributed by atoms with Gasteiger partial charge in [0.05, 0.1) is 12.7 Å². The van der Waals surface area contributed by atoms with E-state index < -0.39 is 17.7 Å². The van der Waals surface area contributed by atoms with Gasteiger partial charge in [-0.2, -0.15) is 0 Å². The van der Waals surface area contributed by atoms with E-state index in [9.17, 15) is 14.7 Å². The molecule has 1 aliphatic rings. The minimum absolute atomic E-state index is 0.0590. The Morgan fingerprint density at radius 1 is 1.21 bits per heavy atom. The number of likely N-dealkylation sites (tertiary alicyclic amines) is 1. The number of hydrogen-bond acceptors (Lipinski definition) is 5. The van der Waals surface area contributed by atoms with Crippen LogP contribution in [0, 0.1) is 13.8 Å². The number of ketones is 1. The lowest BCUT2D eigenvalue weighted by Gasteiger charge is -2.23. The third kappa shape index (κ3) is 3.42. The number of amides is 1. The molecule has 0 spiro atoms. The Morgan fingerprint density at radius 3 is 2.54 bits per heavy atom. The summed E-state index contributed by atoms with van der Waals surface area (Å²) in [5, 5.41) is 11.0. The molecule has 1 aliphatic heterocycles. The van der Waals surface area contributed by atoms with E-state index in [4.69, 9.17) is 9.15 Å². The molecule has 148 valence electrons. The Labute approximate surface area is 164 Å². The number of carbonyl (C=O) groups excluding carboxylic acids is 2. The maximum atomic E-state index is 12.8. The third-order valence-electron chi connectivity index (χ3n) is 5.01. The van der Waals surface area contributed by atoms with Crippen LogP contribution in [0.4, 0.5) is 0 Å². The van der Waals surface area contributed by atoms with E-state index in [2.05, 4.69) is 0 Å². The highest BCUT2D eigenvalue weighted by atomic mass is 16.5. The van der Waals surface area contributed by atoms with Crippen LogP contribution in [0.1, 0.15) is 48.5 Å². The number of aliphatic hydroxyl groups excluding tert-OH is 1. The summed E-state index contributed by atoms with van der Waals surface area (Å²) in [6.07, 6.45) is 1.63. The number of methoxy groups -OCH3 is 1. The van der Waals surface area contributed by atoms with Gasteiger partial charge in [-0.05, 0) is 56.2 Å². The van der Waals surface area contributed by atoms with Crippen molar-refractivity contribution < 1.29 is 23.8 Å². The van der Waals surface area contributed by atoms with Crippen molar-refractivity contribution in [1.82, 2.24) is 4.90 Å². The number of aliphatic hydroxyl groups is 1. The molecule has 2 heterocycles. The quantitative estimate of drug-likeness (QED) is 0.461. The maximum Gasteiger partial charge on any atom is 0.295 e. The third-order valence-corrected chi connectivity index (χ3v) is 5.01. The first-order valence-electron chi connectivity index (χ1n) is 9.38. The zero-order chi connectivity index (χ0) is 20.4. The monoisotopic (exact) mass is 383 g/mol. The highest BCUT2D eigenvalue weighted by Crippen LogP contribution is 2.40. The van der Waals surface area contributed by atoms with Crippen molar-refractivity contribution in [2.75, 3.05) is 13.7 Å². The van der Waals surface area contributed by atoms with Crippen molar-refractivity contribution in [2.24, 2.45) is 0 Å². The van der Waals surface area contributed by atoms with Crippen molar-refractivity contribution in [1.29, 1.82) is 0 Å². The van der Waals surface area contributed by atoms with E-state index in [1.807, 2.05) is 13.8 Å². The van der Waals surface area contributed by atoms with Crippen LogP contribution in [-0.4, -0.2) is 35.4 Å². The highest BCUT2D eigenvalue weighted by molar-refractivity contribution is 6.46. The molecule has 3 rings (SSSR count). The van der Waals surface area contributed by atoms with Gasteiger partial charge in [-0.25, -0.2) is 0 Å². The minimum atomic E-state index is -0.734. The Bertz CT molecular complexity index is 940. The second kappa shape index (κ2) is 7.92. The first-order valence-corrected chi connectivity index (χ1v) is 9.38. The zero-order valence-corrected chi connectivity index (χ0v) is 16.6. The van der Waals surface area contributed by atoms with Crippen molar-refractivity contribution in [2.45, 2.75) is 39.7 Å². The molecule has 1 unspecified atom stereocenters. The van der Waals surface area contributed by atoms with Gasteiger partial charge in [0.25, 0.3) is 11.7 Å². The Balaban J connectivity index is 2.16. The molecule has 1 amide bonds. The smallest absolute Gasteiger partial charge is 0.295 e. The molecule has 28 heavy (non-hydrogen) atoms. The van der Waals surface area contributed by atoms with Gasteiger partial charge in [0.2, 0.25) is 0 Å². The first-order chi connectivity index (χ1) is 13.4. The largest absolute Gasteiger partial charge is 0.507 e. The van der Waals surface area contributed by atoms with Crippen LogP contribution in [0.15, 0.2) is 40.3 Å². The molecule has 1 atom stereocenters. The number of hydrogen-bond donors (Lipinski definition) is 1. The summed E-state index contributed by atoms with van der Waals surface area (Å²) in [5.41, 5.74) is 1.29. The van der Waals surface area contributed by atoms with Gasteiger partial charge < -0.3 is 19.2 Å². The molecule has 6 heteroatoms. The minimum Gasteiger partial charge on any atom is -0.507 e. The summed E-state index contributed by atoms with van der Waals surface area (Å²) in [6, 6.07) is 7.97. The van der Waals surface area contributed by atoms with Gasteiger partial charge >= 0.3 is 0 Å². The van der Waals surface area contributed by atoms with Gasteiger partial charge in [-0.15, -0.1) is 0 Å². The van der Waals surface area contributed by atoms with Crippen molar-refractivity contribution in [3.05, 3.63) is 58.6 Å². The molecule has 2 aromatic rings. The Kier molecular flexibility index (Phi) is 5.58. The molecule has 1 aromatic heterocycles. The molecule has 6 nitrogen and oxygen atoms in total. The van der Waals surface area contributed by atoms with Crippen LogP contribution >= 0.6 is 0 Å². The van der Waals surface area contributed by atoms with E-state index in [1.165, 1.54) is 4.90 Å². The molecular formula is C22H25NO5. The molecular weight excluding hydrogens is 358 g/mol. The predicted octanol–water partition coefficient (Wildman–Crippen LogP) is 4.13. The lowest BCUT2D eigenvalue weighted by molar-refractivity contribution is -0.140. The molecule has 1 fully saturated rings. The average Bonchev–Trinajstić information content (AvgIpc) is 3.21. The normalized spacial score (nSPS) is 18.7. The molecule has 0 radical (unpaired) electrons. The van der Waals surface area contributed by atoms with Crippen molar-refractivity contribution in [3.8, 4) is 5.75 Å². The first kappa shape index (κ1) is 19.7. The van der Waals surface area contributed by atoms with Crippen LogP contribution < -0.4 is 4.74 Å². The van der Waals surface area contributed by atoms with Crippen LogP contribution in [0.5, 0.6) is 5.75 Å². The fourth-order valence-electron chi connectivity index (χ4n) is 3.51. The fraction of sp³-hybridized carbons (Fsp3) is 0.364. The standard InChI is InChI=1S/C22H25NO5/c1-5-6-11-23-19(17-10-7-14(3)28-17)18(21(25)22(23)26)20(24)16-9-8-15(27-4)12-13(16)2/h7-10,12,19,24H,5-6,11H2,1-4H3/b20-18-. The number of rotatable bonds is 6. The summed E-state index contributed by atoms with van der Waals surface area (Å²) >= 11 is 0. The molecule has 0 bridgehead atoms. The second-order valence-corrected chi connectivity index (χ2v) is 6.98. The number of ether oxygens (including phenoxy) is 1. The number of benzene rings is 1. The number of aryl methyl sites for hydroxylation is 2. The molecule has 1 N–H and O–H groups in total. The van der Waals surface area contributed by atoms with E-state index in [0.717, 1.165) is 18.4 Å². The van der Waals surface area contributed by atoms with Crippen LogP contribution in [0.3, 0.4) is 0 Å². The van der Waals surface area contributed by atoms with E-state index in [1.54, 1.807) is 44.4 Å². The van der Waals surface area contributed by atoms with Crippen molar-refractivity contribution >= 4 is 17.4 Å². The predicted molar refractivity (Wildman–Crippen MR) is 105 cm³/mol. The van der Waals surface area contributed by atoms with Crippen molar-refractivity contribution in [3.63, 3.8) is 0 Å². The summed E-state index contributed by atoms with van der Waals surface area (Å²) < 4.78 is 11.0. The summed E-state index contributed by atoms with van der Waals surface area (Å²) in [7, 11) is 1.56. The lowest BCUT2D eigenvalue weighted by Crippen LogP contribution is -2.30. The summed E-state index contributed by atoms with van der Waals surface area (Å²) in [5.74, 6) is 0.299. The summed E-state index contributed by atoms with van der Waals surface area (Å²) in [6.45, 7) is 6.05. The fourth-order valence-corrected chi connectivity index (χ4v) is 3.51. The lowest BCUT2D eigenvalue weighted by atomic mass is 9.97. The molecule has 0 aliphatic carbocycles. The van der Waals surface area contributed by atoms with Gasteiger partial charge in [-0.1, -0.05) is 13.3 Å². The van der Waals surface area contributed by atoms with Gasteiger partial charge in [0.15, 0.2) is 0 Å². The van der Waals surface area contributed by atoms with Crippen LogP contribution in [0.25, 0.3) is 5.76 Å². The van der Waals surface area contributed by atoms with E-state index in [0.29, 0.717) is 29.4 Å². The molecule has 0 saturated carbocycles. The average molecular weight is 383 g/mol. The SMILES string of the molecule is CCCCN1C(=O)C(=O)/C(=C(\O)c2ccc(OC)cc2C)C1c1ccc(C)o1.